The molecule has 0 atom stereocenters. The smallest absolute Gasteiger partial charge is 0.338 e. The lowest BCUT2D eigenvalue weighted by atomic mass is 10.1. The summed E-state index contributed by atoms with van der Waals surface area (Å²) in [4.78, 5) is 33.0. The van der Waals surface area contributed by atoms with Gasteiger partial charge in [0.1, 0.15) is 9.71 Å². The van der Waals surface area contributed by atoms with Gasteiger partial charge in [0, 0.05) is 23.9 Å². The molecule has 0 bridgehead atoms. The lowest BCUT2D eigenvalue weighted by molar-refractivity contribution is 0.0505. The van der Waals surface area contributed by atoms with Gasteiger partial charge in [-0.2, -0.15) is 0 Å². The minimum Gasteiger partial charge on any atom is -0.462 e. The fourth-order valence-electron chi connectivity index (χ4n) is 3.52. The molecule has 0 fully saturated rings. The van der Waals surface area contributed by atoms with Crippen LogP contribution in [0, 0.1) is 6.92 Å². The number of amides is 1. The average Bonchev–Trinajstić information content (AvgIpc) is 3.12. The maximum atomic E-state index is 13.2. The third kappa shape index (κ3) is 3.64. The first-order valence-electron chi connectivity index (χ1n) is 9.78. The number of rotatable bonds is 6. The Morgan fingerprint density at radius 2 is 2.07 bits per heavy atom. The molecule has 0 radical (unpaired) electrons. The Bertz CT molecular complexity index is 1110. The molecular weight excluding hydrogens is 402 g/mol. The van der Waals surface area contributed by atoms with Crippen molar-refractivity contribution in [1.29, 1.82) is 0 Å². The summed E-state index contributed by atoms with van der Waals surface area (Å²) in [6, 6.07) is 8.89. The Kier molecular flexibility index (Phi) is 5.69. The van der Waals surface area contributed by atoms with Gasteiger partial charge in [0.2, 0.25) is 0 Å². The van der Waals surface area contributed by atoms with E-state index in [0.29, 0.717) is 36.0 Å². The molecule has 1 aliphatic heterocycles. The minimum atomic E-state index is -0.356. The van der Waals surface area contributed by atoms with E-state index in [4.69, 9.17) is 9.47 Å². The van der Waals surface area contributed by atoms with E-state index < -0.39 is 0 Å². The summed E-state index contributed by atoms with van der Waals surface area (Å²) in [5, 5.41) is 4.33. The largest absolute Gasteiger partial charge is 0.462 e. The number of aryl methyl sites for hydroxylation is 1. The number of nitrogens with one attached hydrogen (secondary N) is 1. The number of ether oxygens (including phenoxy) is 2. The summed E-state index contributed by atoms with van der Waals surface area (Å²) in [5.74, 6) is -0.445. The van der Waals surface area contributed by atoms with Crippen LogP contribution in [0.3, 0.4) is 0 Å². The van der Waals surface area contributed by atoms with Crippen molar-refractivity contribution < 1.29 is 19.1 Å². The van der Waals surface area contributed by atoms with Crippen molar-refractivity contribution in [3.8, 4) is 0 Å². The summed E-state index contributed by atoms with van der Waals surface area (Å²) >= 11 is 1.38. The van der Waals surface area contributed by atoms with Crippen molar-refractivity contribution in [2.24, 2.45) is 0 Å². The van der Waals surface area contributed by atoms with E-state index in [-0.39, 0.29) is 11.9 Å². The molecule has 3 heterocycles. The number of methoxy groups -OCH3 is 1. The molecule has 2 aromatic heterocycles. The van der Waals surface area contributed by atoms with E-state index in [2.05, 4.69) is 10.3 Å². The van der Waals surface area contributed by atoms with Gasteiger partial charge >= 0.3 is 5.97 Å². The molecule has 1 aliphatic rings. The molecule has 30 heavy (non-hydrogen) atoms. The topological polar surface area (TPSA) is 80.8 Å². The fraction of sp³-hybridized carbons (Fsp3) is 0.318. The van der Waals surface area contributed by atoms with Gasteiger partial charge in [-0.25, -0.2) is 9.78 Å². The maximum absolute atomic E-state index is 13.2. The third-order valence-electron chi connectivity index (χ3n) is 4.88. The number of aromatic nitrogens is 1. The average molecular weight is 426 g/mol. The summed E-state index contributed by atoms with van der Waals surface area (Å²) in [5.41, 5.74) is 3.90. The zero-order chi connectivity index (χ0) is 21.3. The molecule has 1 N–H and O–H groups in total. The first-order chi connectivity index (χ1) is 14.5. The molecule has 1 amide bonds. The Labute approximate surface area is 178 Å². The van der Waals surface area contributed by atoms with Crippen LogP contribution < -0.4 is 10.2 Å². The molecule has 0 saturated carbocycles. The molecule has 0 spiro atoms. The van der Waals surface area contributed by atoms with Gasteiger partial charge in [-0.15, -0.1) is 11.3 Å². The van der Waals surface area contributed by atoms with Gasteiger partial charge < -0.3 is 14.8 Å². The van der Waals surface area contributed by atoms with Gasteiger partial charge in [-0.1, -0.05) is 6.92 Å². The van der Waals surface area contributed by atoms with Gasteiger partial charge in [0.15, 0.2) is 0 Å². The molecule has 156 valence electrons. The van der Waals surface area contributed by atoms with Crippen molar-refractivity contribution in [1.82, 2.24) is 4.98 Å². The maximum Gasteiger partial charge on any atom is 0.338 e. The van der Waals surface area contributed by atoms with Crippen LogP contribution in [0.2, 0.25) is 0 Å². The predicted octanol–water partition coefficient (Wildman–Crippen LogP) is 4.35. The number of hydrogen-bond acceptors (Lipinski definition) is 7. The Morgan fingerprint density at radius 1 is 1.30 bits per heavy atom. The highest BCUT2D eigenvalue weighted by atomic mass is 32.1. The van der Waals surface area contributed by atoms with Crippen LogP contribution >= 0.6 is 11.3 Å². The zero-order valence-corrected chi connectivity index (χ0v) is 18.0. The molecule has 0 unspecified atom stereocenters. The van der Waals surface area contributed by atoms with Crippen LogP contribution in [0.1, 0.15) is 44.6 Å². The fourth-order valence-corrected chi connectivity index (χ4v) is 4.71. The van der Waals surface area contributed by atoms with Gasteiger partial charge in [0.25, 0.3) is 5.91 Å². The van der Waals surface area contributed by atoms with Gasteiger partial charge in [-0.05, 0) is 49.2 Å². The van der Waals surface area contributed by atoms with Crippen molar-refractivity contribution in [3.05, 3.63) is 52.0 Å². The van der Waals surface area contributed by atoms with Gasteiger partial charge in [-0.3, -0.25) is 9.69 Å². The quantitative estimate of drug-likeness (QED) is 0.592. The Morgan fingerprint density at radius 3 is 2.77 bits per heavy atom. The molecular formula is C22H23N3O4S. The molecule has 0 saturated heterocycles. The van der Waals surface area contributed by atoms with Crippen LogP contribution in [-0.4, -0.2) is 37.2 Å². The highest BCUT2D eigenvalue weighted by Gasteiger charge is 2.30. The number of hydrogen-bond donors (Lipinski definition) is 1. The molecule has 1 aromatic carbocycles. The predicted molar refractivity (Wildman–Crippen MR) is 117 cm³/mol. The number of benzene rings is 1. The molecule has 4 rings (SSSR count). The number of nitrogens with zero attached hydrogens (tertiary/aromatic N) is 2. The number of esters is 1. The zero-order valence-electron chi connectivity index (χ0n) is 17.2. The summed E-state index contributed by atoms with van der Waals surface area (Å²) in [6.07, 6.45) is 0.774. The van der Waals surface area contributed by atoms with E-state index in [1.165, 1.54) is 11.3 Å². The Hall–Kier alpha value is -2.97. The van der Waals surface area contributed by atoms with E-state index in [1.54, 1.807) is 36.3 Å². The number of anilines is 2. The second-order valence-corrected chi connectivity index (χ2v) is 8.09. The first kappa shape index (κ1) is 20.3. The van der Waals surface area contributed by atoms with Crippen LogP contribution in [0.15, 0.2) is 30.3 Å². The standard InChI is InChI=1S/C22H23N3O4S/c1-4-9-29-22(27)14-5-7-16(8-6-14)25-12-23-18-17-15(11-28-3)10-13(2)24-20(17)30-19(18)21(25)26/h5-8,10,23H,4,9,11-12H2,1-3H3. The van der Waals surface area contributed by atoms with Crippen molar-refractivity contribution >= 4 is 44.8 Å². The lowest BCUT2D eigenvalue weighted by Crippen LogP contribution is -2.39. The number of thiophene rings is 1. The molecule has 7 nitrogen and oxygen atoms in total. The van der Waals surface area contributed by atoms with Crippen molar-refractivity contribution in [3.63, 3.8) is 0 Å². The van der Waals surface area contributed by atoms with E-state index >= 15 is 0 Å². The van der Waals surface area contributed by atoms with Crippen molar-refractivity contribution in [2.75, 3.05) is 30.6 Å². The SMILES string of the molecule is CCCOC(=O)c1ccc(N2CNc3c(sc4nc(C)cc(COC)c34)C2=O)cc1. The number of pyridine rings is 1. The van der Waals surface area contributed by atoms with Crippen molar-refractivity contribution in [2.45, 2.75) is 26.9 Å². The number of carbonyl (C=O) groups excluding carboxylic acids is 2. The van der Waals surface area contributed by atoms with Crippen LogP contribution in [0.4, 0.5) is 11.4 Å². The minimum absolute atomic E-state index is 0.0888. The van der Waals surface area contributed by atoms with Gasteiger partial charge in [0.05, 0.1) is 31.1 Å². The van der Waals surface area contributed by atoms with Crippen LogP contribution in [0.25, 0.3) is 10.2 Å². The molecule has 3 aromatic rings. The van der Waals surface area contributed by atoms with Crippen LogP contribution in [-0.2, 0) is 16.1 Å². The summed E-state index contributed by atoms with van der Waals surface area (Å²) < 4.78 is 10.5. The normalized spacial score (nSPS) is 13.3. The molecule has 0 aliphatic carbocycles. The number of fused-ring (bicyclic) bond motifs is 3. The lowest BCUT2D eigenvalue weighted by Gasteiger charge is -2.28. The first-order valence-corrected chi connectivity index (χ1v) is 10.6. The second-order valence-electron chi connectivity index (χ2n) is 7.09. The second kappa shape index (κ2) is 8.41. The highest BCUT2D eigenvalue weighted by molar-refractivity contribution is 7.21. The summed E-state index contributed by atoms with van der Waals surface area (Å²) in [7, 11) is 1.66. The van der Waals surface area contributed by atoms with E-state index in [0.717, 1.165) is 33.6 Å². The monoisotopic (exact) mass is 425 g/mol. The Balaban J connectivity index is 1.64. The summed E-state index contributed by atoms with van der Waals surface area (Å²) in [6.45, 7) is 5.06. The van der Waals surface area contributed by atoms with Crippen LogP contribution in [0.5, 0.6) is 0 Å². The number of carbonyl (C=O) groups is 2. The van der Waals surface area contributed by atoms with E-state index in [1.807, 2.05) is 19.9 Å². The van der Waals surface area contributed by atoms with E-state index in [9.17, 15) is 9.59 Å². The third-order valence-corrected chi connectivity index (χ3v) is 5.95. The highest BCUT2D eigenvalue weighted by Crippen LogP contribution is 2.41. The molecule has 8 heteroatoms.